The second-order valence-corrected chi connectivity index (χ2v) is 7.15. The zero-order valence-corrected chi connectivity index (χ0v) is 15.1. The highest BCUT2D eigenvalue weighted by Crippen LogP contribution is 2.23. The SMILES string of the molecule is Fc1ccccc1N1CCN(c2nccc(NC3CCCCC3)n2)CC1. The highest BCUT2D eigenvalue weighted by molar-refractivity contribution is 5.50. The molecule has 1 N–H and O–H groups in total. The van der Waals surface area contributed by atoms with Gasteiger partial charge < -0.3 is 15.1 Å². The quantitative estimate of drug-likeness (QED) is 0.906. The molecule has 2 aromatic rings. The molecule has 0 unspecified atom stereocenters. The van der Waals surface area contributed by atoms with Crippen LogP contribution in [0.25, 0.3) is 0 Å². The lowest BCUT2D eigenvalue weighted by Gasteiger charge is -2.36. The number of aromatic nitrogens is 2. The maximum Gasteiger partial charge on any atom is 0.227 e. The molecule has 0 radical (unpaired) electrons. The predicted octanol–water partition coefficient (Wildman–Crippen LogP) is 3.69. The van der Waals surface area contributed by atoms with Crippen molar-refractivity contribution in [2.75, 3.05) is 41.3 Å². The molecule has 6 heteroatoms. The van der Waals surface area contributed by atoms with Crippen LogP contribution in [0.15, 0.2) is 36.5 Å². The summed E-state index contributed by atoms with van der Waals surface area (Å²) in [6.07, 6.45) is 8.22. The molecule has 1 aliphatic carbocycles. The first-order valence-electron chi connectivity index (χ1n) is 9.63. The van der Waals surface area contributed by atoms with Crippen LogP contribution >= 0.6 is 0 Å². The van der Waals surface area contributed by atoms with Crippen molar-refractivity contribution in [2.45, 2.75) is 38.1 Å². The molecule has 4 rings (SSSR count). The van der Waals surface area contributed by atoms with Crippen LogP contribution < -0.4 is 15.1 Å². The molecular weight excluding hydrogens is 329 g/mol. The Morgan fingerprint density at radius 1 is 0.923 bits per heavy atom. The summed E-state index contributed by atoms with van der Waals surface area (Å²) in [6.45, 7) is 3.12. The van der Waals surface area contributed by atoms with E-state index in [1.165, 1.54) is 38.2 Å². The first-order chi connectivity index (χ1) is 12.8. The second kappa shape index (κ2) is 7.89. The molecule has 1 aromatic heterocycles. The maximum atomic E-state index is 14.0. The van der Waals surface area contributed by atoms with E-state index in [4.69, 9.17) is 4.98 Å². The van der Waals surface area contributed by atoms with Crippen LogP contribution in [0.3, 0.4) is 0 Å². The van der Waals surface area contributed by atoms with Gasteiger partial charge in [-0.15, -0.1) is 0 Å². The molecule has 26 heavy (non-hydrogen) atoms. The van der Waals surface area contributed by atoms with E-state index >= 15 is 0 Å². The van der Waals surface area contributed by atoms with E-state index in [-0.39, 0.29) is 5.82 Å². The molecule has 1 aliphatic heterocycles. The lowest BCUT2D eigenvalue weighted by atomic mass is 9.95. The van der Waals surface area contributed by atoms with Crippen molar-refractivity contribution in [1.82, 2.24) is 9.97 Å². The van der Waals surface area contributed by atoms with Gasteiger partial charge in [-0.3, -0.25) is 0 Å². The average molecular weight is 355 g/mol. The summed E-state index contributed by atoms with van der Waals surface area (Å²) in [5.41, 5.74) is 0.681. The molecule has 0 spiro atoms. The highest BCUT2D eigenvalue weighted by atomic mass is 19.1. The number of piperazine rings is 1. The molecule has 0 atom stereocenters. The summed E-state index contributed by atoms with van der Waals surface area (Å²) in [7, 11) is 0. The molecule has 2 heterocycles. The van der Waals surface area contributed by atoms with E-state index in [1.54, 1.807) is 6.07 Å². The summed E-state index contributed by atoms with van der Waals surface area (Å²) < 4.78 is 14.0. The molecule has 2 aliphatic rings. The van der Waals surface area contributed by atoms with Crippen molar-refractivity contribution >= 4 is 17.5 Å². The van der Waals surface area contributed by atoms with Gasteiger partial charge in [0.2, 0.25) is 5.95 Å². The van der Waals surface area contributed by atoms with Crippen LogP contribution in [0.1, 0.15) is 32.1 Å². The summed E-state index contributed by atoms with van der Waals surface area (Å²) in [6, 6.07) is 9.46. The van der Waals surface area contributed by atoms with E-state index in [0.29, 0.717) is 11.7 Å². The van der Waals surface area contributed by atoms with Crippen LogP contribution in [0.4, 0.5) is 21.8 Å². The Morgan fingerprint density at radius 3 is 2.42 bits per heavy atom. The summed E-state index contributed by atoms with van der Waals surface area (Å²) in [5, 5.41) is 3.56. The van der Waals surface area contributed by atoms with E-state index in [1.807, 2.05) is 24.4 Å². The molecule has 2 fully saturated rings. The molecular formula is C20H26FN5. The first kappa shape index (κ1) is 17.1. The monoisotopic (exact) mass is 355 g/mol. The van der Waals surface area contributed by atoms with Crippen LogP contribution in [0.5, 0.6) is 0 Å². The van der Waals surface area contributed by atoms with Crippen molar-refractivity contribution in [3.8, 4) is 0 Å². The summed E-state index contributed by atoms with van der Waals surface area (Å²) in [4.78, 5) is 13.4. The van der Waals surface area contributed by atoms with Gasteiger partial charge in [0, 0.05) is 38.4 Å². The maximum absolute atomic E-state index is 14.0. The zero-order chi connectivity index (χ0) is 17.8. The number of nitrogens with zero attached hydrogens (tertiary/aromatic N) is 4. The largest absolute Gasteiger partial charge is 0.367 e. The van der Waals surface area contributed by atoms with Gasteiger partial charge in [-0.2, -0.15) is 4.98 Å². The summed E-state index contributed by atoms with van der Waals surface area (Å²) in [5.74, 6) is 1.52. The van der Waals surface area contributed by atoms with Crippen molar-refractivity contribution < 1.29 is 4.39 Å². The molecule has 0 amide bonds. The van der Waals surface area contributed by atoms with Gasteiger partial charge in [-0.25, -0.2) is 9.37 Å². The van der Waals surface area contributed by atoms with Crippen LogP contribution in [0, 0.1) is 5.82 Å². The molecule has 0 bridgehead atoms. The normalized spacial score (nSPS) is 18.8. The number of hydrogen-bond acceptors (Lipinski definition) is 5. The Kier molecular flexibility index (Phi) is 5.18. The standard InChI is InChI=1S/C20H26FN5/c21-17-8-4-5-9-18(17)25-12-14-26(15-13-25)20-22-11-10-19(24-20)23-16-6-2-1-3-7-16/h4-5,8-11,16H,1-3,6-7,12-15H2,(H,22,23,24). The number of halogens is 1. The van der Waals surface area contributed by atoms with Crippen molar-refractivity contribution in [3.05, 3.63) is 42.3 Å². The van der Waals surface area contributed by atoms with Gasteiger partial charge in [0.15, 0.2) is 0 Å². The zero-order valence-electron chi connectivity index (χ0n) is 15.1. The Morgan fingerprint density at radius 2 is 1.65 bits per heavy atom. The minimum absolute atomic E-state index is 0.157. The van der Waals surface area contributed by atoms with Crippen LogP contribution in [-0.4, -0.2) is 42.2 Å². The predicted molar refractivity (Wildman–Crippen MR) is 103 cm³/mol. The fraction of sp³-hybridized carbons (Fsp3) is 0.500. The topological polar surface area (TPSA) is 44.3 Å². The van der Waals surface area contributed by atoms with E-state index < -0.39 is 0 Å². The second-order valence-electron chi connectivity index (χ2n) is 7.15. The minimum atomic E-state index is -0.157. The molecule has 1 saturated carbocycles. The van der Waals surface area contributed by atoms with Gasteiger partial charge in [0.1, 0.15) is 11.6 Å². The Labute approximate surface area is 154 Å². The lowest BCUT2D eigenvalue weighted by Crippen LogP contribution is -2.47. The Bertz CT molecular complexity index is 724. The van der Waals surface area contributed by atoms with Crippen LogP contribution in [-0.2, 0) is 0 Å². The number of benzene rings is 1. The van der Waals surface area contributed by atoms with Gasteiger partial charge in [0.25, 0.3) is 0 Å². The minimum Gasteiger partial charge on any atom is -0.367 e. The van der Waals surface area contributed by atoms with Gasteiger partial charge >= 0.3 is 0 Å². The molecule has 5 nitrogen and oxygen atoms in total. The number of rotatable bonds is 4. The van der Waals surface area contributed by atoms with Gasteiger partial charge in [-0.05, 0) is 31.0 Å². The number of anilines is 3. The number of hydrogen-bond donors (Lipinski definition) is 1. The van der Waals surface area contributed by atoms with Gasteiger partial charge in [-0.1, -0.05) is 31.4 Å². The smallest absolute Gasteiger partial charge is 0.227 e. The third-order valence-corrected chi connectivity index (χ3v) is 5.36. The van der Waals surface area contributed by atoms with Crippen LogP contribution in [0.2, 0.25) is 0 Å². The van der Waals surface area contributed by atoms with Crippen molar-refractivity contribution in [3.63, 3.8) is 0 Å². The number of para-hydroxylation sites is 1. The Balaban J connectivity index is 1.38. The average Bonchev–Trinajstić information content (AvgIpc) is 2.70. The number of nitrogens with one attached hydrogen (secondary N) is 1. The fourth-order valence-corrected chi connectivity index (χ4v) is 3.89. The molecule has 1 saturated heterocycles. The third-order valence-electron chi connectivity index (χ3n) is 5.36. The van der Waals surface area contributed by atoms with Crippen molar-refractivity contribution in [1.29, 1.82) is 0 Å². The third kappa shape index (κ3) is 3.89. The Hall–Kier alpha value is -2.37. The fourth-order valence-electron chi connectivity index (χ4n) is 3.89. The van der Waals surface area contributed by atoms with Gasteiger partial charge in [0.05, 0.1) is 5.69 Å². The lowest BCUT2D eigenvalue weighted by molar-refractivity contribution is 0.462. The van der Waals surface area contributed by atoms with Crippen molar-refractivity contribution in [2.24, 2.45) is 0 Å². The van der Waals surface area contributed by atoms with E-state index in [2.05, 4.69) is 20.1 Å². The molecule has 138 valence electrons. The first-order valence-corrected chi connectivity index (χ1v) is 9.63. The van der Waals surface area contributed by atoms with E-state index in [0.717, 1.165) is 37.9 Å². The summed E-state index contributed by atoms with van der Waals surface area (Å²) >= 11 is 0. The van der Waals surface area contributed by atoms with E-state index in [9.17, 15) is 4.39 Å². The molecule has 1 aromatic carbocycles. The highest BCUT2D eigenvalue weighted by Gasteiger charge is 2.21.